The van der Waals surface area contributed by atoms with Crippen LogP contribution >= 0.6 is 0 Å². The molecule has 0 aliphatic carbocycles. The third kappa shape index (κ3) is 2.77. The number of ether oxygens (including phenoxy) is 1. The molecule has 0 saturated carbocycles. The minimum absolute atomic E-state index is 0.0937. The Morgan fingerprint density at radius 2 is 2.39 bits per heavy atom. The fourth-order valence-corrected chi connectivity index (χ4v) is 1.97. The number of nitrogens with zero attached hydrogens (tertiary/aromatic N) is 2. The first kappa shape index (κ1) is 12.8. The van der Waals surface area contributed by atoms with Gasteiger partial charge in [-0.1, -0.05) is 0 Å². The van der Waals surface area contributed by atoms with E-state index in [4.69, 9.17) is 9.84 Å². The van der Waals surface area contributed by atoms with E-state index in [-0.39, 0.29) is 12.4 Å². The summed E-state index contributed by atoms with van der Waals surface area (Å²) in [6.07, 6.45) is 0. The molecule has 2 N–H and O–H groups in total. The molecule has 0 amide bonds. The number of aliphatic carboxylic acids is 1. The van der Waals surface area contributed by atoms with Gasteiger partial charge in [-0.3, -0.25) is 14.7 Å². The van der Waals surface area contributed by atoms with E-state index in [9.17, 15) is 9.90 Å². The number of carboxylic acids is 1. The molecule has 0 spiro atoms. The van der Waals surface area contributed by atoms with Gasteiger partial charge in [0.25, 0.3) is 0 Å². The lowest BCUT2D eigenvalue weighted by Gasteiger charge is -2.32. The van der Waals surface area contributed by atoms with Crippen LogP contribution in [0.3, 0.4) is 0 Å². The summed E-state index contributed by atoms with van der Waals surface area (Å²) >= 11 is 0. The van der Waals surface area contributed by atoms with E-state index in [1.54, 1.807) is 17.0 Å². The van der Waals surface area contributed by atoms with Gasteiger partial charge in [-0.05, 0) is 19.1 Å². The van der Waals surface area contributed by atoms with Gasteiger partial charge in [-0.2, -0.15) is 0 Å². The zero-order valence-electron chi connectivity index (χ0n) is 10.2. The molecule has 2 rings (SSSR count). The zero-order chi connectivity index (χ0) is 13.1. The first-order chi connectivity index (χ1) is 8.58. The summed E-state index contributed by atoms with van der Waals surface area (Å²) in [6, 6.07) is 2.61. The van der Waals surface area contributed by atoms with E-state index in [0.717, 1.165) is 5.69 Å². The number of rotatable bonds is 3. The molecule has 1 fully saturated rings. The number of aromatic hydroxyl groups is 1. The van der Waals surface area contributed by atoms with E-state index in [1.165, 1.54) is 0 Å². The number of pyridine rings is 1. The molecule has 98 valence electrons. The van der Waals surface area contributed by atoms with E-state index in [1.807, 2.05) is 6.92 Å². The molecule has 6 nitrogen and oxygen atoms in total. The maximum atomic E-state index is 11.1. The van der Waals surface area contributed by atoms with Crippen molar-refractivity contribution in [3.8, 4) is 5.75 Å². The molecule has 1 aromatic heterocycles. The van der Waals surface area contributed by atoms with Gasteiger partial charge in [0.05, 0.1) is 18.9 Å². The molecule has 2 heterocycles. The van der Waals surface area contributed by atoms with Gasteiger partial charge in [0.2, 0.25) is 0 Å². The van der Waals surface area contributed by atoms with Gasteiger partial charge < -0.3 is 14.9 Å². The maximum Gasteiger partial charge on any atom is 0.323 e. The van der Waals surface area contributed by atoms with Crippen molar-refractivity contribution in [3.05, 3.63) is 23.5 Å². The van der Waals surface area contributed by atoms with Crippen molar-refractivity contribution in [2.75, 3.05) is 19.8 Å². The number of carboxylic acid groups (broad SMARTS) is 1. The summed E-state index contributed by atoms with van der Waals surface area (Å²) in [5.41, 5.74) is 1.30. The lowest BCUT2D eigenvalue weighted by molar-refractivity contribution is -0.150. The second-order valence-corrected chi connectivity index (χ2v) is 4.32. The highest BCUT2D eigenvalue weighted by atomic mass is 16.5. The quantitative estimate of drug-likeness (QED) is 0.809. The molecular weight excluding hydrogens is 236 g/mol. The molecule has 1 aliphatic rings. The van der Waals surface area contributed by atoms with Gasteiger partial charge in [0, 0.05) is 18.8 Å². The fourth-order valence-electron chi connectivity index (χ4n) is 1.97. The van der Waals surface area contributed by atoms with Crippen LogP contribution < -0.4 is 0 Å². The Hall–Kier alpha value is -1.66. The monoisotopic (exact) mass is 252 g/mol. The smallest absolute Gasteiger partial charge is 0.323 e. The molecule has 1 aliphatic heterocycles. The van der Waals surface area contributed by atoms with E-state index in [0.29, 0.717) is 25.4 Å². The summed E-state index contributed by atoms with van der Waals surface area (Å²) in [7, 11) is 0. The van der Waals surface area contributed by atoms with Crippen LogP contribution in [-0.4, -0.2) is 51.9 Å². The van der Waals surface area contributed by atoms with E-state index >= 15 is 0 Å². The first-order valence-electron chi connectivity index (χ1n) is 5.78. The van der Waals surface area contributed by atoms with Crippen LogP contribution in [-0.2, 0) is 16.1 Å². The largest absolute Gasteiger partial charge is 0.506 e. The summed E-state index contributed by atoms with van der Waals surface area (Å²) in [5, 5.41) is 18.8. The Balaban J connectivity index is 2.15. The van der Waals surface area contributed by atoms with Crippen molar-refractivity contribution in [2.45, 2.75) is 19.5 Å². The average Bonchev–Trinajstić information content (AvgIpc) is 2.34. The Labute approximate surface area is 105 Å². The molecule has 1 aromatic rings. The Morgan fingerprint density at radius 3 is 3.11 bits per heavy atom. The predicted molar refractivity (Wildman–Crippen MR) is 63.3 cm³/mol. The number of morpholine rings is 1. The van der Waals surface area contributed by atoms with Gasteiger partial charge in [0.15, 0.2) is 0 Å². The predicted octanol–water partition coefficient (Wildman–Crippen LogP) is 0.381. The minimum Gasteiger partial charge on any atom is -0.506 e. The van der Waals surface area contributed by atoms with Crippen LogP contribution in [0.4, 0.5) is 0 Å². The second-order valence-electron chi connectivity index (χ2n) is 4.32. The van der Waals surface area contributed by atoms with Gasteiger partial charge in [-0.15, -0.1) is 0 Å². The van der Waals surface area contributed by atoms with Crippen LogP contribution in [0.25, 0.3) is 0 Å². The summed E-state index contributed by atoms with van der Waals surface area (Å²) < 4.78 is 5.16. The standard InChI is InChI=1S/C12H16N2O4/c1-8-2-3-11(15)9(13-8)6-14-4-5-18-7-10(14)12(16)17/h2-3,10,15H,4-7H2,1H3,(H,16,17). The highest BCUT2D eigenvalue weighted by Gasteiger charge is 2.29. The number of hydrogen-bond donors (Lipinski definition) is 2. The summed E-state index contributed by atoms with van der Waals surface area (Å²) in [6.45, 7) is 3.33. The van der Waals surface area contributed by atoms with Gasteiger partial charge in [0.1, 0.15) is 11.8 Å². The second kappa shape index (κ2) is 5.32. The lowest BCUT2D eigenvalue weighted by Crippen LogP contribution is -2.49. The fraction of sp³-hybridized carbons (Fsp3) is 0.500. The molecule has 6 heteroatoms. The molecule has 18 heavy (non-hydrogen) atoms. The minimum atomic E-state index is -0.915. The molecule has 1 atom stereocenters. The van der Waals surface area contributed by atoms with Crippen LogP contribution in [0.15, 0.2) is 12.1 Å². The highest BCUT2D eigenvalue weighted by molar-refractivity contribution is 5.73. The highest BCUT2D eigenvalue weighted by Crippen LogP contribution is 2.19. The topological polar surface area (TPSA) is 82.9 Å². The number of hydrogen-bond acceptors (Lipinski definition) is 5. The van der Waals surface area contributed by atoms with Crippen LogP contribution in [0.1, 0.15) is 11.4 Å². The van der Waals surface area contributed by atoms with Crippen LogP contribution in [0.5, 0.6) is 5.75 Å². The number of carbonyl (C=O) groups is 1. The molecule has 0 radical (unpaired) electrons. The Kier molecular flexibility index (Phi) is 3.78. The van der Waals surface area contributed by atoms with Crippen molar-refractivity contribution in [1.29, 1.82) is 0 Å². The van der Waals surface area contributed by atoms with Crippen molar-refractivity contribution >= 4 is 5.97 Å². The molecule has 1 saturated heterocycles. The van der Waals surface area contributed by atoms with Crippen LogP contribution in [0, 0.1) is 6.92 Å². The third-order valence-corrected chi connectivity index (χ3v) is 2.97. The SMILES string of the molecule is Cc1ccc(O)c(CN2CCOCC2C(=O)O)n1. The van der Waals surface area contributed by atoms with Crippen molar-refractivity contribution in [3.63, 3.8) is 0 Å². The molecule has 0 aromatic carbocycles. The van der Waals surface area contributed by atoms with Gasteiger partial charge in [-0.25, -0.2) is 0 Å². The van der Waals surface area contributed by atoms with Gasteiger partial charge >= 0.3 is 5.97 Å². The molecule has 1 unspecified atom stereocenters. The Bertz CT molecular complexity index is 450. The lowest BCUT2D eigenvalue weighted by atomic mass is 10.2. The third-order valence-electron chi connectivity index (χ3n) is 2.97. The number of aromatic nitrogens is 1. The zero-order valence-corrected chi connectivity index (χ0v) is 10.2. The van der Waals surface area contributed by atoms with E-state index in [2.05, 4.69) is 4.98 Å². The molecular formula is C12H16N2O4. The van der Waals surface area contributed by atoms with E-state index < -0.39 is 12.0 Å². The number of aryl methyl sites for hydroxylation is 1. The molecule has 0 bridgehead atoms. The van der Waals surface area contributed by atoms with Crippen molar-refractivity contribution in [2.24, 2.45) is 0 Å². The normalized spacial score (nSPS) is 20.8. The maximum absolute atomic E-state index is 11.1. The van der Waals surface area contributed by atoms with Crippen molar-refractivity contribution in [1.82, 2.24) is 9.88 Å². The Morgan fingerprint density at radius 1 is 1.61 bits per heavy atom. The average molecular weight is 252 g/mol. The first-order valence-corrected chi connectivity index (χ1v) is 5.78. The summed E-state index contributed by atoms with van der Waals surface area (Å²) in [5.74, 6) is -0.821. The van der Waals surface area contributed by atoms with Crippen LogP contribution in [0.2, 0.25) is 0 Å². The van der Waals surface area contributed by atoms with Crippen molar-refractivity contribution < 1.29 is 19.7 Å². The summed E-state index contributed by atoms with van der Waals surface area (Å²) in [4.78, 5) is 17.1.